The second-order valence-electron chi connectivity index (χ2n) is 4.26. The molecular weight excluding hydrogens is 230 g/mol. The van der Waals surface area contributed by atoms with E-state index in [4.69, 9.17) is 4.74 Å². The van der Waals surface area contributed by atoms with Gasteiger partial charge in [-0.3, -0.25) is 4.68 Å². The number of aryl methyl sites for hydroxylation is 1. The molecule has 0 spiro atoms. The summed E-state index contributed by atoms with van der Waals surface area (Å²) in [4.78, 5) is 8.40. The lowest BCUT2D eigenvalue weighted by molar-refractivity contribution is 0.232. The lowest BCUT2D eigenvalue weighted by atomic mass is 10.4. The van der Waals surface area contributed by atoms with E-state index in [0.29, 0.717) is 18.4 Å². The van der Waals surface area contributed by atoms with Crippen LogP contribution in [0.4, 0.5) is 5.95 Å². The van der Waals surface area contributed by atoms with Gasteiger partial charge < -0.3 is 10.1 Å². The summed E-state index contributed by atoms with van der Waals surface area (Å²) in [6, 6.07) is 1.75. The number of nitrogens with zero attached hydrogens (tertiary/aromatic N) is 4. The Balaban J connectivity index is 1.96. The molecule has 0 fully saturated rings. The third kappa shape index (κ3) is 3.44. The fraction of sp³-hybridized carbons (Fsp3) is 0.417. The molecule has 2 aromatic rings. The van der Waals surface area contributed by atoms with Gasteiger partial charge >= 0.3 is 0 Å². The Bertz CT molecular complexity index is 509. The molecule has 0 aliphatic rings. The summed E-state index contributed by atoms with van der Waals surface area (Å²) in [7, 11) is 1.89. The van der Waals surface area contributed by atoms with E-state index in [-0.39, 0.29) is 6.10 Å². The summed E-state index contributed by atoms with van der Waals surface area (Å²) in [5.41, 5.74) is 1.08. The van der Waals surface area contributed by atoms with E-state index in [0.717, 1.165) is 5.56 Å². The molecule has 0 radical (unpaired) electrons. The lowest BCUT2D eigenvalue weighted by Gasteiger charge is -2.09. The van der Waals surface area contributed by atoms with Crippen molar-refractivity contribution in [1.29, 1.82) is 0 Å². The molecule has 0 aliphatic heterocycles. The first-order valence-corrected chi connectivity index (χ1v) is 5.84. The largest absolute Gasteiger partial charge is 0.475 e. The molecule has 6 nitrogen and oxygen atoms in total. The topological polar surface area (TPSA) is 64.9 Å². The third-order valence-corrected chi connectivity index (χ3v) is 2.20. The van der Waals surface area contributed by atoms with Crippen LogP contribution in [-0.4, -0.2) is 25.9 Å². The van der Waals surface area contributed by atoms with Crippen molar-refractivity contribution in [2.24, 2.45) is 7.05 Å². The first-order valence-electron chi connectivity index (χ1n) is 5.84. The van der Waals surface area contributed by atoms with Gasteiger partial charge in [0.05, 0.1) is 12.3 Å². The molecular formula is C12H17N5O. The van der Waals surface area contributed by atoms with E-state index in [1.807, 2.05) is 33.3 Å². The van der Waals surface area contributed by atoms with Gasteiger partial charge in [-0.25, -0.2) is 4.98 Å². The second kappa shape index (κ2) is 5.48. The average molecular weight is 247 g/mol. The van der Waals surface area contributed by atoms with E-state index in [1.54, 1.807) is 16.9 Å². The Labute approximate surface area is 106 Å². The van der Waals surface area contributed by atoms with Gasteiger partial charge in [-0.05, 0) is 13.8 Å². The third-order valence-electron chi connectivity index (χ3n) is 2.20. The molecule has 0 amide bonds. The molecule has 0 aliphatic carbocycles. The van der Waals surface area contributed by atoms with Crippen molar-refractivity contribution >= 4 is 5.95 Å². The Morgan fingerprint density at radius 1 is 1.44 bits per heavy atom. The predicted molar refractivity (Wildman–Crippen MR) is 68.3 cm³/mol. The smallest absolute Gasteiger partial charge is 0.226 e. The van der Waals surface area contributed by atoms with Crippen molar-refractivity contribution in [3.05, 3.63) is 30.2 Å². The van der Waals surface area contributed by atoms with Crippen LogP contribution in [0.25, 0.3) is 0 Å². The molecule has 0 bridgehead atoms. The van der Waals surface area contributed by atoms with Gasteiger partial charge in [0.2, 0.25) is 11.8 Å². The highest BCUT2D eigenvalue weighted by Gasteiger charge is 2.02. The van der Waals surface area contributed by atoms with Gasteiger partial charge in [-0.15, -0.1) is 0 Å². The van der Waals surface area contributed by atoms with Crippen molar-refractivity contribution in [3.8, 4) is 5.88 Å². The molecule has 6 heteroatoms. The van der Waals surface area contributed by atoms with Crippen LogP contribution in [0.3, 0.4) is 0 Å². The Kier molecular flexibility index (Phi) is 3.76. The van der Waals surface area contributed by atoms with Gasteiger partial charge in [-0.2, -0.15) is 10.1 Å². The molecule has 0 saturated heterocycles. The summed E-state index contributed by atoms with van der Waals surface area (Å²) in [5.74, 6) is 1.13. The molecule has 2 heterocycles. The van der Waals surface area contributed by atoms with Crippen molar-refractivity contribution in [2.75, 3.05) is 5.32 Å². The first-order chi connectivity index (χ1) is 8.63. The minimum absolute atomic E-state index is 0.103. The molecule has 2 rings (SSSR count). The maximum absolute atomic E-state index is 5.50. The van der Waals surface area contributed by atoms with Gasteiger partial charge in [-0.1, -0.05) is 0 Å². The molecule has 18 heavy (non-hydrogen) atoms. The summed E-state index contributed by atoms with van der Waals surface area (Å²) in [6.07, 6.45) is 5.53. The monoisotopic (exact) mass is 247 g/mol. The van der Waals surface area contributed by atoms with E-state index in [1.165, 1.54) is 0 Å². The Hall–Kier alpha value is -2.11. The van der Waals surface area contributed by atoms with Crippen LogP contribution in [0.5, 0.6) is 5.88 Å². The fourth-order valence-electron chi connectivity index (χ4n) is 1.48. The molecule has 0 unspecified atom stereocenters. The van der Waals surface area contributed by atoms with Gasteiger partial charge in [0.1, 0.15) is 0 Å². The maximum Gasteiger partial charge on any atom is 0.226 e. The molecule has 0 atom stereocenters. The zero-order valence-corrected chi connectivity index (χ0v) is 10.8. The SMILES string of the molecule is CC(C)Oc1ccnc(NCc2cnn(C)c2)n1. The van der Waals surface area contributed by atoms with Crippen molar-refractivity contribution in [2.45, 2.75) is 26.5 Å². The van der Waals surface area contributed by atoms with Crippen LogP contribution in [-0.2, 0) is 13.6 Å². The van der Waals surface area contributed by atoms with Crippen LogP contribution >= 0.6 is 0 Å². The van der Waals surface area contributed by atoms with E-state index >= 15 is 0 Å². The number of ether oxygens (including phenoxy) is 1. The second-order valence-corrected chi connectivity index (χ2v) is 4.26. The quantitative estimate of drug-likeness (QED) is 0.869. The van der Waals surface area contributed by atoms with Gasteiger partial charge in [0.25, 0.3) is 0 Å². The number of nitrogens with one attached hydrogen (secondary N) is 1. The van der Waals surface area contributed by atoms with Crippen LogP contribution < -0.4 is 10.1 Å². The highest BCUT2D eigenvalue weighted by molar-refractivity contribution is 5.28. The van der Waals surface area contributed by atoms with Crippen molar-refractivity contribution < 1.29 is 4.74 Å². The van der Waals surface area contributed by atoms with Crippen LogP contribution in [0.15, 0.2) is 24.7 Å². The molecule has 0 saturated carbocycles. The van der Waals surface area contributed by atoms with Crippen LogP contribution in [0.1, 0.15) is 19.4 Å². The molecule has 1 N–H and O–H groups in total. The van der Waals surface area contributed by atoms with Crippen molar-refractivity contribution in [3.63, 3.8) is 0 Å². The number of aromatic nitrogens is 4. The molecule has 0 aromatic carbocycles. The van der Waals surface area contributed by atoms with E-state index in [9.17, 15) is 0 Å². The number of hydrogen-bond acceptors (Lipinski definition) is 5. The highest BCUT2D eigenvalue weighted by Crippen LogP contribution is 2.11. The summed E-state index contributed by atoms with van der Waals surface area (Å²) in [5, 5.41) is 7.23. The van der Waals surface area contributed by atoms with E-state index < -0.39 is 0 Å². The minimum atomic E-state index is 0.103. The van der Waals surface area contributed by atoms with Gasteiger partial charge in [0, 0.05) is 37.6 Å². The molecule has 96 valence electrons. The fourth-order valence-corrected chi connectivity index (χ4v) is 1.48. The lowest BCUT2D eigenvalue weighted by Crippen LogP contribution is -2.09. The summed E-state index contributed by atoms with van der Waals surface area (Å²) < 4.78 is 7.26. The number of anilines is 1. The number of rotatable bonds is 5. The van der Waals surface area contributed by atoms with Crippen LogP contribution in [0.2, 0.25) is 0 Å². The highest BCUT2D eigenvalue weighted by atomic mass is 16.5. The molecule has 2 aromatic heterocycles. The normalized spacial score (nSPS) is 10.7. The number of hydrogen-bond donors (Lipinski definition) is 1. The zero-order valence-electron chi connectivity index (χ0n) is 10.8. The maximum atomic E-state index is 5.50. The van der Waals surface area contributed by atoms with Crippen LogP contribution in [0, 0.1) is 0 Å². The minimum Gasteiger partial charge on any atom is -0.475 e. The van der Waals surface area contributed by atoms with Crippen molar-refractivity contribution in [1.82, 2.24) is 19.7 Å². The predicted octanol–water partition coefficient (Wildman–Crippen LogP) is 1.61. The average Bonchev–Trinajstić information content (AvgIpc) is 2.72. The Morgan fingerprint density at radius 3 is 2.94 bits per heavy atom. The van der Waals surface area contributed by atoms with E-state index in [2.05, 4.69) is 20.4 Å². The zero-order chi connectivity index (χ0) is 13.0. The standard InChI is InChI=1S/C12H17N5O/c1-9(2)18-11-4-5-13-12(16-11)14-6-10-7-15-17(3)8-10/h4-5,7-9H,6H2,1-3H3,(H,13,14,16). The summed E-state index contributed by atoms with van der Waals surface area (Å²) in [6.45, 7) is 4.56. The first kappa shape index (κ1) is 12.3. The Morgan fingerprint density at radius 2 is 2.28 bits per heavy atom. The summed E-state index contributed by atoms with van der Waals surface area (Å²) >= 11 is 0. The van der Waals surface area contributed by atoms with Gasteiger partial charge in [0.15, 0.2) is 0 Å².